The highest BCUT2D eigenvalue weighted by atomic mass is 16.6. The Morgan fingerprint density at radius 2 is 1.60 bits per heavy atom. The first-order valence-electron chi connectivity index (χ1n) is 2.97. The van der Waals surface area contributed by atoms with Gasteiger partial charge >= 0.3 is 0 Å². The molecule has 1 saturated heterocycles. The Morgan fingerprint density at radius 3 is 2.10 bits per heavy atom. The summed E-state index contributed by atoms with van der Waals surface area (Å²) in [5.74, 6) is 0. The molecule has 0 aromatic carbocycles. The van der Waals surface area contributed by atoms with Gasteiger partial charge in [-0.2, -0.15) is 0 Å². The highest BCUT2D eigenvalue weighted by molar-refractivity contribution is 4.81. The van der Waals surface area contributed by atoms with Crippen LogP contribution in [0.4, 0.5) is 0 Å². The molecule has 5 heteroatoms. The van der Waals surface area contributed by atoms with E-state index in [1.807, 2.05) is 0 Å². The molecule has 0 amide bonds. The summed E-state index contributed by atoms with van der Waals surface area (Å²) < 4.78 is 4.47. The van der Waals surface area contributed by atoms with Crippen molar-refractivity contribution in [3.8, 4) is 0 Å². The van der Waals surface area contributed by atoms with Crippen molar-refractivity contribution < 1.29 is 25.2 Å². The van der Waals surface area contributed by atoms with Crippen LogP contribution in [0.2, 0.25) is 0 Å². The van der Waals surface area contributed by atoms with Crippen molar-refractivity contribution in [2.45, 2.75) is 24.6 Å². The second kappa shape index (κ2) is 2.81. The number of ether oxygens (including phenoxy) is 1. The summed E-state index contributed by atoms with van der Waals surface area (Å²) in [6, 6.07) is 0. The average Bonchev–Trinajstić information content (AvgIpc) is 1.93. The number of aliphatic hydroxyl groups is 4. The van der Waals surface area contributed by atoms with Gasteiger partial charge in [-0.3, -0.25) is 0 Å². The molecule has 1 aliphatic heterocycles. The zero-order valence-electron chi connectivity index (χ0n) is 5.21. The van der Waals surface area contributed by atoms with Gasteiger partial charge in [0.25, 0.3) is 0 Å². The van der Waals surface area contributed by atoms with Crippen LogP contribution < -0.4 is 0 Å². The molecule has 1 aliphatic rings. The van der Waals surface area contributed by atoms with Crippen LogP contribution in [-0.2, 0) is 4.74 Å². The summed E-state index contributed by atoms with van der Waals surface area (Å²) in [4.78, 5) is 0. The first-order valence-corrected chi connectivity index (χ1v) is 2.97. The van der Waals surface area contributed by atoms with E-state index in [9.17, 15) is 0 Å². The Balaban J connectivity index is 2.52. The van der Waals surface area contributed by atoms with E-state index in [0.29, 0.717) is 0 Å². The molecule has 0 saturated carbocycles. The maximum atomic E-state index is 8.88. The van der Waals surface area contributed by atoms with Crippen molar-refractivity contribution in [3.63, 3.8) is 0 Å². The van der Waals surface area contributed by atoms with E-state index in [1.165, 1.54) is 0 Å². The van der Waals surface area contributed by atoms with Crippen molar-refractivity contribution in [2.24, 2.45) is 0 Å². The summed E-state index contributed by atoms with van der Waals surface area (Å²) in [5.41, 5.74) is 0. The number of aliphatic hydroxyl groups excluding tert-OH is 4. The predicted octanol–water partition coefficient (Wildman–Crippen LogP) is -2.58. The second-order valence-corrected chi connectivity index (χ2v) is 2.27. The highest BCUT2D eigenvalue weighted by Gasteiger charge is 2.36. The third-order valence-electron chi connectivity index (χ3n) is 1.47. The monoisotopic (exact) mass is 150 g/mol. The molecule has 0 spiro atoms. The Morgan fingerprint density at radius 1 is 1.00 bits per heavy atom. The number of hydrogen-bond donors (Lipinski definition) is 4. The normalized spacial score (nSPS) is 49.2. The van der Waals surface area contributed by atoms with Gasteiger partial charge < -0.3 is 25.2 Å². The molecule has 4 atom stereocenters. The molecule has 1 heterocycles. The molecule has 0 aliphatic carbocycles. The molecule has 10 heavy (non-hydrogen) atoms. The Hall–Kier alpha value is -0.200. The van der Waals surface area contributed by atoms with E-state index in [1.54, 1.807) is 0 Å². The summed E-state index contributed by atoms with van der Waals surface area (Å²) in [6.45, 7) is -0.153. The van der Waals surface area contributed by atoms with E-state index in [0.717, 1.165) is 0 Å². The smallest absolute Gasteiger partial charge is 0.183 e. The van der Waals surface area contributed by atoms with Crippen LogP contribution in [0.3, 0.4) is 0 Å². The number of hydrogen-bond acceptors (Lipinski definition) is 5. The molecule has 1 fully saturated rings. The fourth-order valence-corrected chi connectivity index (χ4v) is 0.791. The first kappa shape index (κ1) is 7.90. The van der Waals surface area contributed by atoms with Gasteiger partial charge in [-0.25, -0.2) is 0 Å². The van der Waals surface area contributed by atoms with E-state index >= 15 is 0 Å². The molecular formula is C5H10O5. The zero-order valence-corrected chi connectivity index (χ0v) is 5.21. The molecule has 0 aromatic rings. The van der Waals surface area contributed by atoms with Crippen molar-refractivity contribution in [2.75, 3.05) is 6.61 Å². The summed E-state index contributed by atoms with van der Waals surface area (Å²) in [6.07, 6.45) is -5.23. The van der Waals surface area contributed by atoms with Crippen LogP contribution in [0.5, 0.6) is 0 Å². The standard InChI is InChI=1S/C5H10O5/c6-2-1-10-5(9)4(8)3(2)7/h2-9H,1H2/t2-,3?,4-,5+/m0/s1. The molecule has 1 rings (SSSR count). The summed E-state index contributed by atoms with van der Waals surface area (Å²) >= 11 is 0. The molecule has 1 unspecified atom stereocenters. The van der Waals surface area contributed by atoms with Crippen LogP contribution in [0.25, 0.3) is 0 Å². The Kier molecular flexibility index (Phi) is 2.22. The van der Waals surface area contributed by atoms with E-state index in [-0.39, 0.29) is 6.61 Å². The topological polar surface area (TPSA) is 90.2 Å². The van der Waals surface area contributed by atoms with Gasteiger partial charge in [-0.05, 0) is 0 Å². The van der Waals surface area contributed by atoms with Gasteiger partial charge in [0.1, 0.15) is 18.3 Å². The molecule has 5 nitrogen and oxygen atoms in total. The minimum atomic E-state index is -1.41. The zero-order chi connectivity index (χ0) is 7.72. The van der Waals surface area contributed by atoms with Gasteiger partial charge in [0.05, 0.1) is 6.61 Å². The van der Waals surface area contributed by atoms with Gasteiger partial charge in [-0.1, -0.05) is 0 Å². The lowest BCUT2D eigenvalue weighted by Gasteiger charge is -2.31. The van der Waals surface area contributed by atoms with Crippen molar-refractivity contribution in [3.05, 3.63) is 0 Å². The third-order valence-corrected chi connectivity index (χ3v) is 1.47. The van der Waals surface area contributed by atoms with E-state index in [4.69, 9.17) is 20.4 Å². The lowest BCUT2D eigenvalue weighted by atomic mass is 10.1. The fourth-order valence-electron chi connectivity index (χ4n) is 0.791. The number of rotatable bonds is 0. The average molecular weight is 150 g/mol. The van der Waals surface area contributed by atoms with Gasteiger partial charge in [0.2, 0.25) is 0 Å². The summed E-state index contributed by atoms with van der Waals surface area (Å²) in [5, 5.41) is 35.3. The van der Waals surface area contributed by atoms with Crippen LogP contribution >= 0.6 is 0 Å². The van der Waals surface area contributed by atoms with Gasteiger partial charge in [-0.15, -0.1) is 0 Å². The van der Waals surface area contributed by atoms with Crippen molar-refractivity contribution in [1.82, 2.24) is 0 Å². The third kappa shape index (κ3) is 1.28. The van der Waals surface area contributed by atoms with Crippen LogP contribution in [0.1, 0.15) is 0 Å². The first-order chi connectivity index (χ1) is 4.63. The lowest BCUT2D eigenvalue weighted by molar-refractivity contribution is -0.252. The minimum Gasteiger partial charge on any atom is -0.388 e. The molecule has 0 aromatic heterocycles. The highest BCUT2D eigenvalue weighted by Crippen LogP contribution is 2.12. The Bertz CT molecular complexity index is 103. The van der Waals surface area contributed by atoms with E-state index in [2.05, 4.69) is 4.74 Å². The fraction of sp³-hybridized carbons (Fsp3) is 1.00. The quantitative estimate of drug-likeness (QED) is 0.304. The van der Waals surface area contributed by atoms with Crippen molar-refractivity contribution in [1.29, 1.82) is 0 Å². The second-order valence-electron chi connectivity index (χ2n) is 2.27. The molecular weight excluding hydrogens is 140 g/mol. The minimum absolute atomic E-state index is 0.153. The van der Waals surface area contributed by atoms with E-state index < -0.39 is 24.6 Å². The van der Waals surface area contributed by atoms with Crippen molar-refractivity contribution >= 4 is 0 Å². The predicted molar refractivity (Wildman–Crippen MR) is 30.0 cm³/mol. The largest absolute Gasteiger partial charge is 0.388 e. The Labute approximate surface area is 57.5 Å². The van der Waals surface area contributed by atoms with Gasteiger partial charge in [0, 0.05) is 0 Å². The molecule has 0 radical (unpaired) electrons. The summed E-state index contributed by atoms with van der Waals surface area (Å²) in [7, 11) is 0. The van der Waals surface area contributed by atoms with Crippen LogP contribution in [-0.4, -0.2) is 51.6 Å². The van der Waals surface area contributed by atoms with Crippen LogP contribution in [0.15, 0.2) is 0 Å². The molecule has 60 valence electrons. The molecule has 0 bridgehead atoms. The van der Waals surface area contributed by atoms with Gasteiger partial charge in [0.15, 0.2) is 6.29 Å². The molecule has 4 N–H and O–H groups in total. The maximum absolute atomic E-state index is 8.88. The van der Waals surface area contributed by atoms with Crippen LogP contribution in [0, 0.1) is 0 Å². The SMILES string of the molecule is OC1[C@@H](O)CO[C@@H](O)[C@H]1O. The maximum Gasteiger partial charge on any atom is 0.183 e. The lowest BCUT2D eigenvalue weighted by Crippen LogP contribution is -2.52.